The van der Waals surface area contributed by atoms with Crippen molar-refractivity contribution in [3.8, 4) is 0 Å². The standard InChI is InChI=1S/C14H20ClFN2O2/c1-14(2,3)20-13(19)18-5-4-17-9-10-6-11(15)8-12(16)7-10/h6-8,17H,4-5,9H2,1-3H3,(H,18,19). The number of ether oxygens (including phenoxy) is 1. The molecule has 0 saturated carbocycles. The molecule has 1 aromatic carbocycles. The molecule has 0 saturated heterocycles. The number of halogens is 2. The van der Waals surface area contributed by atoms with Gasteiger partial charge in [-0.25, -0.2) is 9.18 Å². The molecule has 0 aliphatic carbocycles. The minimum Gasteiger partial charge on any atom is -0.444 e. The summed E-state index contributed by atoms with van der Waals surface area (Å²) < 4.78 is 18.2. The molecular formula is C14H20ClFN2O2. The van der Waals surface area contributed by atoms with Crippen molar-refractivity contribution in [2.75, 3.05) is 13.1 Å². The highest BCUT2D eigenvalue weighted by Crippen LogP contribution is 2.13. The van der Waals surface area contributed by atoms with Crippen LogP contribution in [0.3, 0.4) is 0 Å². The van der Waals surface area contributed by atoms with Crippen molar-refractivity contribution in [1.82, 2.24) is 10.6 Å². The highest BCUT2D eigenvalue weighted by molar-refractivity contribution is 6.30. The van der Waals surface area contributed by atoms with E-state index >= 15 is 0 Å². The van der Waals surface area contributed by atoms with Crippen LogP contribution in [0.1, 0.15) is 26.3 Å². The molecular weight excluding hydrogens is 283 g/mol. The van der Waals surface area contributed by atoms with Crippen molar-refractivity contribution >= 4 is 17.7 Å². The second kappa shape index (κ2) is 7.45. The molecule has 0 unspecified atom stereocenters. The van der Waals surface area contributed by atoms with Crippen LogP contribution in [0, 0.1) is 5.82 Å². The van der Waals surface area contributed by atoms with Gasteiger partial charge in [0.1, 0.15) is 11.4 Å². The molecule has 112 valence electrons. The largest absolute Gasteiger partial charge is 0.444 e. The summed E-state index contributed by atoms with van der Waals surface area (Å²) in [5.41, 5.74) is 0.253. The maximum Gasteiger partial charge on any atom is 0.407 e. The molecule has 0 aliphatic heterocycles. The minimum absolute atomic E-state index is 0.360. The van der Waals surface area contributed by atoms with E-state index in [0.29, 0.717) is 24.7 Å². The molecule has 2 N–H and O–H groups in total. The molecule has 4 nitrogen and oxygen atoms in total. The van der Waals surface area contributed by atoms with Crippen LogP contribution < -0.4 is 10.6 Å². The molecule has 1 amide bonds. The summed E-state index contributed by atoms with van der Waals surface area (Å²) in [4.78, 5) is 11.4. The van der Waals surface area contributed by atoms with Crippen LogP contribution in [0.4, 0.5) is 9.18 Å². The number of rotatable bonds is 5. The summed E-state index contributed by atoms with van der Waals surface area (Å²) in [7, 11) is 0. The molecule has 1 aromatic rings. The highest BCUT2D eigenvalue weighted by Gasteiger charge is 2.15. The van der Waals surface area contributed by atoms with Crippen LogP contribution in [0.15, 0.2) is 18.2 Å². The third-order valence-corrected chi connectivity index (χ3v) is 2.44. The van der Waals surface area contributed by atoms with Gasteiger partial charge in [0, 0.05) is 24.7 Å². The first-order valence-electron chi connectivity index (χ1n) is 6.39. The van der Waals surface area contributed by atoms with Crippen molar-refractivity contribution in [1.29, 1.82) is 0 Å². The maximum atomic E-state index is 13.1. The van der Waals surface area contributed by atoms with Crippen molar-refractivity contribution in [2.24, 2.45) is 0 Å². The number of carbonyl (C=O) groups is 1. The molecule has 0 bridgehead atoms. The second-order valence-corrected chi connectivity index (χ2v) is 5.82. The lowest BCUT2D eigenvalue weighted by Gasteiger charge is -2.19. The molecule has 20 heavy (non-hydrogen) atoms. The van der Waals surface area contributed by atoms with Crippen molar-refractivity contribution < 1.29 is 13.9 Å². The number of carbonyl (C=O) groups excluding carboxylic acids is 1. The van der Waals surface area contributed by atoms with Gasteiger partial charge in [-0.1, -0.05) is 11.6 Å². The smallest absolute Gasteiger partial charge is 0.407 e. The number of benzene rings is 1. The fourth-order valence-corrected chi connectivity index (χ4v) is 1.76. The van der Waals surface area contributed by atoms with E-state index in [1.54, 1.807) is 26.8 Å². The Balaban J connectivity index is 2.20. The predicted octanol–water partition coefficient (Wildman–Crippen LogP) is 3.09. The van der Waals surface area contributed by atoms with E-state index in [0.717, 1.165) is 5.56 Å². The minimum atomic E-state index is -0.504. The lowest BCUT2D eigenvalue weighted by molar-refractivity contribution is 0.0528. The summed E-state index contributed by atoms with van der Waals surface area (Å²) in [6.07, 6.45) is -0.451. The van der Waals surface area contributed by atoms with Crippen molar-refractivity contribution in [3.05, 3.63) is 34.6 Å². The Labute approximate surface area is 123 Å². The molecule has 0 spiro atoms. The van der Waals surface area contributed by atoms with E-state index in [9.17, 15) is 9.18 Å². The first-order valence-corrected chi connectivity index (χ1v) is 6.76. The summed E-state index contributed by atoms with van der Waals surface area (Å²) in [6, 6.07) is 4.37. The number of alkyl carbamates (subject to hydrolysis) is 1. The van der Waals surface area contributed by atoms with Gasteiger partial charge in [0.05, 0.1) is 0 Å². The molecule has 6 heteroatoms. The van der Waals surface area contributed by atoms with Crippen LogP contribution in [0.5, 0.6) is 0 Å². The SMILES string of the molecule is CC(C)(C)OC(=O)NCCNCc1cc(F)cc(Cl)c1. The topological polar surface area (TPSA) is 50.4 Å². The van der Waals surface area contributed by atoms with Gasteiger partial charge in [0.15, 0.2) is 0 Å². The first-order chi connectivity index (χ1) is 9.26. The summed E-state index contributed by atoms with van der Waals surface area (Å²) in [6.45, 7) is 6.87. The third-order valence-electron chi connectivity index (χ3n) is 2.22. The van der Waals surface area contributed by atoms with E-state index < -0.39 is 11.7 Å². The Bertz CT molecular complexity index is 441. The van der Waals surface area contributed by atoms with Gasteiger partial charge in [-0.05, 0) is 44.5 Å². The van der Waals surface area contributed by atoms with Crippen LogP contribution in [0.25, 0.3) is 0 Å². The van der Waals surface area contributed by atoms with Crippen LogP contribution in [-0.4, -0.2) is 24.8 Å². The fraction of sp³-hybridized carbons (Fsp3) is 0.500. The quantitative estimate of drug-likeness (QED) is 0.822. The molecule has 0 aromatic heterocycles. The van der Waals surface area contributed by atoms with E-state index in [1.807, 2.05) is 0 Å². The summed E-state index contributed by atoms with van der Waals surface area (Å²) in [5.74, 6) is -0.360. The van der Waals surface area contributed by atoms with Gasteiger partial charge in [0.2, 0.25) is 0 Å². The van der Waals surface area contributed by atoms with Gasteiger partial charge in [-0.15, -0.1) is 0 Å². The zero-order chi connectivity index (χ0) is 15.2. The first kappa shape index (κ1) is 16.7. The van der Waals surface area contributed by atoms with Gasteiger partial charge in [-0.3, -0.25) is 0 Å². The Hall–Kier alpha value is -1.33. The Morgan fingerprint density at radius 2 is 2.00 bits per heavy atom. The number of amides is 1. The van der Waals surface area contributed by atoms with Gasteiger partial charge in [-0.2, -0.15) is 0 Å². The van der Waals surface area contributed by atoms with Crippen LogP contribution >= 0.6 is 11.6 Å². The molecule has 1 rings (SSSR count). The second-order valence-electron chi connectivity index (χ2n) is 5.38. The lowest BCUT2D eigenvalue weighted by Crippen LogP contribution is -2.36. The number of hydrogen-bond donors (Lipinski definition) is 2. The molecule has 0 heterocycles. The maximum absolute atomic E-state index is 13.1. The predicted molar refractivity (Wildman–Crippen MR) is 77.4 cm³/mol. The number of nitrogens with one attached hydrogen (secondary N) is 2. The average molecular weight is 303 g/mol. The Kier molecular flexibility index (Phi) is 6.23. The van der Waals surface area contributed by atoms with E-state index in [2.05, 4.69) is 10.6 Å². The molecule has 0 aliphatic rings. The zero-order valence-electron chi connectivity index (χ0n) is 11.9. The zero-order valence-corrected chi connectivity index (χ0v) is 12.7. The fourth-order valence-electron chi connectivity index (χ4n) is 1.51. The van der Waals surface area contributed by atoms with Crippen molar-refractivity contribution in [2.45, 2.75) is 32.9 Å². The highest BCUT2D eigenvalue weighted by atomic mass is 35.5. The normalized spacial score (nSPS) is 11.2. The molecule has 0 atom stereocenters. The lowest BCUT2D eigenvalue weighted by atomic mass is 10.2. The Morgan fingerprint density at radius 1 is 1.30 bits per heavy atom. The van der Waals surface area contributed by atoms with Gasteiger partial charge in [0.25, 0.3) is 0 Å². The van der Waals surface area contributed by atoms with E-state index in [4.69, 9.17) is 16.3 Å². The summed E-state index contributed by atoms with van der Waals surface area (Å²) in [5, 5.41) is 6.07. The molecule has 0 fully saturated rings. The number of hydrogen-bond acceptors (Lipinski definition) is 3. The molecule has 0 radical (unpaired) electrons. The van der Waals surface area contributed by atoms with E-state index in [-0.39, 0.29) is 5.82 Å². The third kappa shape index (κ3) is 7.31. The monoisotopic (exact) mass is 302 g/mol. The summed E-state index contributed by atoms with van der Waals surface area (Å²) >= 11 is 5.75. The van der Waals surface area contributed by atoms with Gasteiger partial charge < -0.3 is 15.4 Å². The van der Waals surface area contributed by atoms with Crippen LogP contribution in [0.2, 0.25) is 5.02 Å². The average Bonchev–Trinajstić information content (AvgIpc) is 2.24. The van der Waals surface area contributed by atoms with E-state index in [1.165, 1.54) is 12.1 Å². The Morgan fingerprint density at radius 3 is 2.60 bits per heavy atom. The van der Waals surface area contributed by atoms with Gasteiger partial charge >= 0.3 is 6.09 Å². The van der Waals surface area contributed by atoms with Crippen molar-refractivity contribution in [3.63, 3.8) is 0 Å². The van der Waals surface area contributed by atoms with Crippen LogP contribution in [-0.2, 0) is 11.3 Å².